The molecule has 0 aromatic rings. The van der Waals surface area contributed by atoms with E-state index in [1.165, 1.54) is 12.8 Å². The van der Waals surface area contributed by atoms with Crippen LogP contribution in [0.15, 0.2) is 12.2 Å². The molecule has 0 bridgehead atoms. The van der Waals surface area contributed by atoms with Gasteiger partial charge in [0.05, 0.1) is 0 Å². The first-order chi connectivity index (χ1) is 4.81. The molecule has 1 atom stereocenters. The molecule has 1 unspecified atom stereocenters. The summed E-state index contributed by atoms with van der Waals surface area (Å²) in [5.41, 5.74) is 0. The summed E-state index contributed by atoms with van der Waals surface area (Å²) >= 11 is 0. The Morgan fingerprint density at radius 3 is 2.10 bits per heavy atom. The van der Waals surface area contributed by atoms with E-state index in [1.54, 1.807) is 0 Å². The van der Waals surface area contributed by atoms with Crippen molar-refractivity contribution in [2.75, 3.05) is 0 Å². The third kappa shape index (κ3) is 10.7. The largest absolute Gasteiger partial charge is 0.0917 e. The van der Waals surface area contributed by atoms with Crippen LogP contribution in [0.1, 0.15) is 47.5 Å². The van der Waals surface area contributed by atoms with Crippen molar-refractivity contribution >= 4 is 0 Å². The van der Waals surface area contributed by atoms with Gasteiger partial charge in [0.25, 0.3) is 0 Å². The Morgan fingerprint density at radius 2 is 1.80 bits per heavy atom. The van der Waals surface area contributed by atoms with Gasteiger partial charge in [0.15, 0.2) is 0 Å². The molecule has 0 aromatic heterocycles. The molecule has 0 aliphatic carbocycles. The van der Waals surface area contributed by atoms with Crippen LogP contribution >= 0.6 is 0 Å². The molecule has 0 aromatic carbocycles. The third-order valence-corrected chi connectivity index (χ3v) is 1.47. The molecule has 0 N–H and O–H groups in total. The SMILES string of the molecule is C/C=C/CC(C)CC.CC. The lowest BCUT2D eigenvalue weighted by Crippen LogP contribution is -1.86. The maximum absolute atomic E-state index is 2.28. The van der Waals surface area contributed by atoms with Gasteiger partial charge in [-0.05, 0) is 19.3 Å². The van der Waals surface area contributed by atoms with Gasteiger partial charge in [-0.25, -0.2) is 0 Å². The molecule has 0 amide bonds. The molecule has 10 heavy (non-hydrogen) atoms. The van der Waals surface area contributed by atoms with Gasteiger partial charge in [-0.1, -0.05) is 46.3 Å². The third-order valence-electron chi connectivity index (χ3n) is 1.47. The predicted molar refractivity (Wildman–Crippen MR) is 50.2 cm³/mol. The van der Waals surface area contributed by atoms with Crippen LogP contribution in [0.3, 0.4) is 0 Å². The lowest BCUT2D eigenvalue weighted by molar-refractivity contribution is 0.572. The zero-order valence-electron chi connectivity index (χ0n) is 8.15. The van der Waals surface area contributed by atoms with Crippen LogP contribution in [-0.2, 0) is 0 Å². The summed E-state index contributed by atoms with van der Waals surface area (Å²) in [7, 11) is 0. The molecule has 0 aliphatic rings. The average molecular weight is 142 g/mol. The molecular formula is C10H22. The van der Waals surface area contributed by atoms with Crippen molar-refractivity contribution in [3.8, 4) is 0 Å². The quantitative estimate of drug-likeness (QED) is 0.522. The van der Waals surface area contributed by atoms with E-state index in [9.17, 15) is 0 Å². The lowest BCUT2D eigenvalue weighted by Gasteiger charge is -2.00. The maximum atomic E-state index is 2.28. The van der Waals surface area contributed by atoms with Crippen molar-refractivity contribution in [2.24, 2.45) is 5.92 Å². The summed E-state index contributed by atoms with van der Waals surface area (Å²) in [6.45, 7) is 10.6. The normalized spacial score (nSPS) is 12.5. The summed E-state index contributed by atoms with van der Waals surface area (Å²) in [4.78, 5) is 0. The highest BCUT2D eigenvalue weighted by Gasteiger charge is 1.91. The number of hydrogen-bond donors (Lipinski definition) is 0. The molecule has 0 fully saturated rings. The van der Waals surface area contributed by atoms with Gasteiger partial charge >= 0.3 is 0 Å². The first-order valence-electron chi connectivity index (χ1n) is 4.42. The van der Waals surface area contributed by atoms with Crippen LogP contribution in [0.4, 0.5) is 0 Å². The van der Waals surface area contributed by atoms with Crippen molar-refractivity contribution in [2.45, 2.75) is 47.5 Å². The minimum absolute atomic E-state index is 0.867. The second-order valence-electron chi connectivity index (χ2n) is 2.32. The Bertz CT molecular complexity index is 62.4. The highest BCUT2D eigenvalue weighted by atomic mass is 14.0. The van der Waals surface area contributed by atoms with E-state index >= 15 is 0 Å². The van der Waals surface area contributed by atoms with Gasteiger partial charge in [0, 0.05) is 0 Å². The fraction of sp³-hybridized carbons (Fsp3) is 0.800. The van der Waals surface area contributed by atoms with Crippen molar-refractivity contribution in [1.82, 2.24) is 0 Å². The molecule has 0 spiro atoms. The van der Waals surface area contributed by atoms with Crippen LogP contribution in [0.2, 0.25) is 0 Å². The van der Waals surface area contributed by atoms with Gasteiger partial charge in [0.2, 0.25) is 0 Å². The zero-order valence-corrected chi connectivity index (χ0v) is 8.15. The van der Waals surface area contributed by atoms with E-state index in [-0.39, 0.29) is 0 Å². The molecule has 0 rings (SSSR count). The van der Waals surface area contributed by atoms with E-state index in [0.717, 1.165) is 5.92 Å². The second-order valence-corrected chi connectivity index (χ2v) is 2.32. The lowest BCUT2D eigenvalue weighted by atomic mass is 10.1. The summed E-state index contributed by atoms with van der Waals surface area (Å²) < 4.78 is 0. The molecule has 0 nitrogen and oxygen atoms in total. The Balaban J connectivity index is 0. The van der Waals surface area contributed by atoms with E-state index in [0.29, 0.717) is 0 Å². The minimum atomic E-state index is 0.867. The first kappa shape index (κ1) is 12.4. The number of rotatable bonds is 3. The smallest absolute Gasteiger partial charge is 0.0325 e. The minimum Gasteiger partial charge on any atom is -0.0917 e. The molecule has 0 saturated heterocycles. The highest BCUT2D eigenvalue weighted by molar-refractivity contribution is 4.78. The van der Waals surface area contributed by atoms with Crippen LogP contribution in [0, 0.1) is 5.92 Å². The molecular weight excluding hydrogens is 120 g/mol. The van der Waals surface area contributed by atoms with E-state index < -0.39 is 0 Å². The first-order valence-corrected chi connectivity index (χ1v) is 4.42. The van der Waals surface area contributed by atoms with Crippen molar-refractivity contribution in [1.29, 1.82) is 0 Å². The Kier molecular flexibility index (Phi) is 14.3. The average Bonchev–Trinajstić information content (AvgIpc) is 2.04. The maximum Gasteiger partial charge on any atom is -0.0325 e. The summed E-state index contributed by atoms with van der Waals surface area (Å²) in [6.07, 6.45) is 6.89. The standard InChI is InChI=1S/C8H16.C2H6/c1-4-6-7-8(3)5-2;1-2/h4,6,8H,5,7H2,1-3H3;1-2H3/b6-4+;. The van der Waals surface area contributed by atoms with Gasteiger partial charge < -0.3 is 0 Å². The zero-order chi connectivity index (χ0) is 8.41. The van der Waals surface area contributed by atoms with Crippen LogP contribution in [0.5, 0.6) is 0 Å². The highest BCUT2D eigenvalue weighted by Crippen LogP contribution is 2.05. The molecule has 0 heteroatoms. The Morgan fingerprint density at radius 1 is 1.30 bits per heavy atom. The van der Waals surface area contributed by atoms with Crippen LogP contribution < -0.4 is 0 Å². The van der Waals surface area contributed by atoms with Crippen molar-refractivity contribution in [3.05, 3.63) is 12.2 Å². The van der Waals surface area contributed by atoms with Gasteiger partial charge in [-0.15, -0.1) is 0 Å². The van der Waals surface area contributed by atoms with Gasteiger partial charge in [0.1, 0.15) is 0 Å². The fourth-order valence-corrected chi connectivity index (χ4v) is 0.535. The fourth-order valence-electron chi connectivity index (χ4n) is 0.535. The van der Waals surface area contributed by atoms with Gasteiger partial charge in [-0.2, -0.15) is 0 Å². The monoisotopic (exact) mass is 142 g/mol. The Hall–Kier alpha value is -0.260. The number of allylic oxidation sites excluding steroid dienone is 2. The molecule has 62 valence electrons. The Labute approximate surface area is 66.3 Å². The van der Waals surface area contributed by atoms with Crippen LogP contribution in [-0.4, -0.2) is 0 Å². The summed E-state index contributed by atoms with van der Waals surface area (Å²) in [5, 5.41) is 0. The van der Waals surface area contributed by atoms with E-state index in [1.807, 2.05) is 13.8 Å². The molecule has 0 aliphatic heterocycles. The predicted octanol–water partition coefficient (Wildman–Crippen LogP) is 4.02. The molecule has 0 radical (unpaired) electrons. The van der Waals surface area contributed by atoms with Crippen LogP contribution in [0.25, 0.3) is 0 Å². The second kappa shape index (κ2) is 11.5. The molecule has 0 heterocycles. The summed E-state index contributed by atoms with van der Waals surface area (Å²) in [6, 6.07) is 0. The topological polar surface area (TPSA) is 0 Å². The van der Waals surface area contributed by atoms with Crippen molar-refractivity contribution < 1.29 is 0 Å². The van der Waals surface area contributed by atoms with Gasteiger partial charge in [-0.3, -0.25) is 0 Å². The molecule has 0 saturated carbocycles. The number of hydrogen-bond acceptors (Lipinski definition) is 0. The van der Waals surface area contributed by atoms with E-state index in [2.05, 4.69) is 32.9 Å². The summed E-state index contributed by atoms with van der Waals surface area (Å²) in [5.74, 6) is 0.867. The van der Waals surface area contributed by atoms with Crippen molar-refractivity contribution in [3.63, 3.8) is 0 Å². The van der Waals surface area contributed by atoms with E-state index in [4.69, 9.17) is 0 Å².